The molecule has 0 radical (unpaired) electrons. The van der Waals surface area contributed by atoms with Gasteiger partial charge in [0.15, 0.2) is 9.84 Å². The Balaban J connectivity index is 2.24. The van der Waals surface area contributed by atoms with E-state index in [0.29, 0.717) is 24.4 Å². The molecule has 1 aliphatic carbocycles. The lowest BCUT2D eigenvalue weighted by Gasteiger charge is -2.35. The van der Waals surface area contributed by atoms with Gasteiger partial charge in [0.1, 0.15) is 0 Å². The van der Waals surface area contributed by atoms with Crippen LogP contribution < -0.4 is 11.1 Å². The van der Waals surface area contributed by atoms with Crippen LogP contribution in [0.2, 0.25) is 0 Å². The smallest absolute Gasteiger partial charge is 0.244 e. The largest absolute Gasteiger partial charge is 0.323 e. The van der Waals surface area contributed by atoms with Crippen LogP contribution in [0.25, 0.3) is 0 Å². The van der Waals surface area contributed by atoms with Crippen LogP contribution in [0, 0.1) is 5.92 Å². The number of rotatable bonds is 3. The highest BCUT2D eigenvalue weighted by Crippen LogP contribution is 2.32. The number of benzene rings is 1. The topological polar surface area (TPSA) is 89.3 Å². The summed E-state index contributed by atoms with van der Waals surface area (Å²) in [6, 6.07) is 6.39. The maximum atomic E-state index is 12.5. The first-order valence-corrected chi connectivity index (χ1v) is 9.01. The van der Waals surface area contributed by atoms with Gasteiger partial charge in [-0.3, -0.25) is 4.79 Å². The van der Waals surface area contributed by atoms with Crippen molar-refractivity contribution in [3.8, 4) is 0 Å². The Morgan fingerprint density at radius 2 is 2.05 bits per heavy atom. The molecule has 21 heavy (non-hydrogen) atoms. The summed E-state index contributed by atoms with van der Waals surface area (Å²) >= 11 is 0. The number of nitrogens with one attached hydrogen (secondary N) is 1. The van der Waals surface area contributed by atoms with Crippen molar-refractivity contribution in [2.75, 3.05) is 11.6 Å². The van der Waals surface area contributed by atoms with Crippen molar-refractivity contribution in [2.24, 2.45) is 11.7 Å². The molecule has 116 valence electrons. The van der Waals surface area contributed by atoms with Crippen molar-refractivity contribution in [2.45, 2.75) is 43.0 Å². The van der Waals surface area contributed by atoms with Crippen molar-refractivity contribution in [3.63, 3.8) is 0 Å². The summed E-state index contributed by atoms with van der Waals surface area (Å²) in [5.74, 6) is 0.102. The fourth-order valence-corrected chi connectivity index (χ4v) is 3.78. The predicted molar refractivity (Wildman–Crippen MR) is 82.7 cm³/mol. The minimum atomic E-state index is -3.40. The fourth-order valence-electron chi connectivity index (χ4n) is 2.94. The van der Waals surface area contributed by atoms with Crippen molar-refractivity contribution in [1.82, 2.24) is 0 Å². The van der Waals surface area contributed by atoms with E-state index in [-0.39, 0.29) is 10.8 Å². The van der Waals surface area contributed by atoms with Gasteiger partial charge in [-0.25, -0.2) is 8.42 Å². The number of carbonyl (C=O) groups excluding carboxylic acids is 1. The molecule has 0 aromatic heterocycles. The van der Waals surface area contributed by atoms with E-state index in [4.69, 9.17) is 5.73 Å². The fraction of sp³-hybridized carbons (Fsp3) is 0.533. The van der Waals surface area contributed by atoms with Gasteiger partial charge in [-0.15, -0.1) is 0 Å². The molecule has 0 saturated heterocycles. The second kappa shape index (κ2) is 5.77. The van der Waals surface area contributed by atoms with E-state index in [0.717, 1.165) is 19.1 Å². The molecule has 1 fully saturated rings. The summed E-state index contributed by atoms with van der Waals surface area (Å²) in [6.45, 7) is 2.08. The Morgan fingerprint density at radius 1 is 1.38 bits per heavy atom. The lowest BCUT2D eigenvalue weighted by Crippen LogP contribution is -2.53. The van der Waals surface area contributed by atoms with Gasteiger partial charge >= 0.3 is 0 Å². The highest BCUT2D eigenvalue weighted by atomic mass is 32.2. The zero-order valence-electron chi connectivity index (χ0n) is 12.4. The van der Waals surface area contributed by atoms with Crippen LogP contribution in [0.4, 0.5) is 5.69 Å². The zero-order valence-corrected chi connectivity index (χ0v) is 13.2. The number of para-hydroxylation sites is 1. The van der Waals surface area contributed by atoms with Crippen molar-refractivity contribution >= 4 is 21.4 Å². The summed E-state index contributed by atoms with van der Waals surface area (Å²) in [5.41, 5.74) is 5.62. The molecule has 1 aromatic carbocycles. The van der Waals surface area contributed by atoms with Gasteiger partial charge in [-0.1, -0.05) is 31.9 Å². The van der Waals surface area contributed by atoms with E-state index in [1.807, 2.05) is 0 Å². The number of anilines is 1. The van der Waals surface area contributed by atoms with Crippen LogP contribution in [-0.2, 0) is 14.6 Å². The van der Waals surface area contributed by atoms with E-state index in [1.54, 1.807) is 18.2 Å². The van der Waals surface area contributed by atoms with Gasteiger partial charge in [0.25, 0.3) is 0 Å². The third-order valence-corrected chi connectivity index (χ3v) is 5.17. The Bertz CT molecular complexity index is 642. The molecular weight excluding hydrogens is 288 g/mol. The predicted octanol–water partition coefficient (Wildman–Crippen LogP) is 1.94. The normalized spacial score (nSPS) is 26.3. The van der Waals surface area contributed by atoms with Crippen LogP contribution in [0.5, 0.6) is 0 Å². The lowest BCUT2D eigenvalue weighted by molar-refractivity contribution is -0.122. The molecule has 0 heterocycles. The van der Waals surface area contributed by atoms with E-state index in [1.165, 1.54) is 6.07 Å². The molecule has 1 aliphatic rings. The molecule has 0 aliphatic heterocycles. The summed E-state index contributed by atoms with van der Waals surface area (Å²) in [6.07, 6.45) is 4.37. The van der Waals surface area contributed by atoms with Gasteiger partial charge in [0.05, 0.1) is 16.1 Å². The van der Waals surface area contributed by atoms with E-state index in [2.05, 4.69) is 12.2 Å². The molecule has 2 unspecified atom stereocenters. The third-order valence-electron chi connectivity index (χ3n) is 4.02. The number of hydrogen-bond acceptors (Lipinski definition) is 4. The monoisotopic (exact) mass is 310 g/mol. The van der Waals surface area contributed by atoms with Crippen LogP contribution in [0.1, 0.15) is 32.6 Å². The molecule has 3 N–H and O–H groups in total. The van der Waals surface area contributed by atoms with Crippen molar-refractivity contribution in [3.05, 3.63) is 24.3 Å². The summed E-state index contributed by atoms with van der Waals surface area (Å²) in [5, 5.41) is 2.70. The van der Waals surface area contributed by atoms with Gasteiger partial charge < -0.3 is 11.1 Å². The third kappa shape index (κ3) is 3.63. The second-order valence-electron chi connectivity index (χ2n) is 6.08. The highest BCUT2D eigenvalue weighted by Gasteiger charge is 2.38. The number of carbonyl (C=O) groups is 1. The second-order valence-corrected chi connectivity index (χ2v) is 8.06. The van der Waals surface area contributed by atoms with Crippen LogP contribution in [0.15, 0.2) is 29.2 Å². The molecule has 1 aromatic rings. The summed E-state index contributed by atoms with van der Waals surface area (Å²) < 4.78 is 23.5. The summed E-state index contributed by atoms with van der Waals surface area (Å²) in [4.78, 5) is 12.6. The number of nitrogens with two attached hydrogens (primary N) is 1. The van der Waals surface area contributed by atoms with Gasteiger partial charge in [0.2, 0.25) is 5.91 Å². The number of hydrogen-bond donors (Lipinski definition) is 2. The van der Waals surface area contributed by atoms with Crippen molar-refractivity contribution in [1.29, 1.82) is 0 Å². The molecule has 6 heteroatoms. The molecule has 0 spiro atoms. The SMILES string of the molecule is CC1CCCC(N)(C(=O)Nc2ccccc2S(C)(=O)=O)C1. The lowest BCUT2D eigenvalue weighted by atomic mass is 9.76. The van der Waals surface area contributed by atoms with Crippen molar-refractivity contribution < 1.29 is 13.2 Å². The molecule has 5 nitrogen and oxygen atoms in total. The minimum Gasteiger partial charge on any atom is -0.323 e. The summed E-state index contributed by atoms with van der Waals surface area (Å²) in [7, 11) is -3.40. The maximum absolute atomic E-state index is 12.5. The molecule has 1 amide bonds. The van der Waals surface area contributed by atoms with Gasteiger partial charge in [0, 0.05) is 6.26 Å². The first-order chi connectivity index (χ1) is 9.72. The zero-order chi connectivity index (χ0) is 15.7. The number of sulfone groups is 1. The van der Waals surface area contributed by atoms with Gasteiger partial charge in [-0.05, 0) is 30.9 Å². The quantitative estimate of drug-likeness (QED) is 0.893. The Kier molecular flexibility index (Phi) is 4.39. The minimum absolute atomic E-state index is 0.116. The standard InChI is InChI=1S/C15H22N2O3S/c1-11-6-5-9-15(16,10-11)14(18)17-12-7-3-4-8-13(12)21(2,19)20/h3-4,7-8,11H,5-6,9-10,16H2,1-2H3,(H,17,18). The highest BCUT2D eigenvalue weighted by molar-refractivity contribution is 7.90. The molecular formula is C15H22N2O3S. The molecule has 0 bridgehead atoms. The Labute approximate surface area is 125 Å². The van der Waals surface area contributed by atoms with Crippen LogP contribution in [0.3, 0.4) is 0 Å². The average Bonchev–Trinajstić information content (AvgIpc) is 2.37. The van der Waals surface area contributed by atoms with Crippen LogP contribution in [-0.4, -0.2) is 26.1 Å². The molecule has 1 saturated carbocycles. The Morgan fingerprint density at radius 3 is 2.67 bits per heavy atom. The van der Waals surface area contributed by atoms with E-state index < -0.39 is 15.4 Å². The molecule has 2 atom stereocenters. The Hall–Kier alpha value is -1.40. The first-order valence-electron chi connectivity index (χ1n) is 7.12. The molecule has 2 rings (SSSR count). The van der Waals surface area contributed by atoms with E-state index >= 15 is 0 Å². The first kappa shape index (κ1) is 16.0. The van der Waals surface area contributed by atoms with E-state index in [9.17, 15) is 13.2 Å². The maximum Gasteiger partial charge on any atom is 0.244 e. The number of amides is 1. The average molecular weight is 310 g/mol. The van der Waals surface area contributed by atoms with Crippen LogP contribution >= 0.6 is 0 Å². The van der Waals surface area contributed by atoms with Gasteiger partial charge in [-0.2, -0.15) is 0 Å².